The van der Waals surface area contributed by atoms with Crippen LogP contribution in [0.25, 0.3) is 0 Å². The first-order chi connectivity index (χ1) is 8.61. The van der Waals surface area contributed by atoms with Gasteiger partial charge in [-0.25, -0.2) is 0 Å². The first-order valence-corrected chi connectivity index (χ1v) is 6.70. The molecule has 0 aliphatic carbocycles. The number of ether oxygens (including phenoxy) is 1. The molecule has 4 nitrogen and oxygen atoms in total. The van der Waals surface area contributed by atoms with E-state index >= 15 is 0 Å². The number of hydrogen-bond donors (Lipinski definition) is 1. The highest BCUT2D eigenvalue weighted by atomic mass is 16.5. The van der Waals surface area contributed by atoms with Crippen molar-refractivity contribution in [1.29, 1.82) is 0 Å². The lowest BCUT2D eigenvalue weighted by Gasteiger charge is -2.35. The summed E-state index contributed by atoms with van der Waals surface area (Å²) in [5.74, 6) is 4.88. The summed E-state index contributed by atoms with van der Waals surface area (Å²) in [7, 11) is 0. The van der Waals surface area contributed by atoms with Crippen molar-refractivity contribution in [1.82, 2.24) is 10.2 Å². The zero-order chi connectivity index (χ0) is 13.4. The number of hydrogen-bond acceptors (Lipinski definition) is 3. The van der Waals surface area contributed by atoms with E-state index in [4.69, 9.17) is 4.74 Å². The molecule has 102 valence electrons. The predicted molar refractivity (Wildman–Crippen MR) is 72.1 cm³/mol. The fourth-order valence-electron chi connectivity index (χ4n) is 2.29. The number of amides is 1. The molecule has 0 saturated carbocycles. The number of nitrogens with zero attached hydrogens (tertiary/aromatic N) is 1. The zero-order valence-electron chi connectivity index (χ0n) is 11.7. The Hall–Kier alpha value is -1.05. The van der Waals surface area contributed by atoms with Crippen LogP contribution in [0, 0.1) is 11.8 Å². The third-order valence-electron chi connectivity index (χ3n) is 2.92. The van der Waals surface area contributed by atoms with Crippen LogP contribution in [0.15, 0.2) is 0 Å². The van der Waals surface area contributed by atoms with E-state index < -0.39 is 0 Å². The monoisotopic (exact) mass is 252 g/mol. The molecule has 1 aliphatic heterocycles. The van der Waals surface area contributed by atoms with E-state index in [0.29, 0.717) is 18.8 Å². The zero-order valence-corrected chi connectivity index (χ0v) is 11.7. The van der Waals surface area contributed by atoms with E-state index in [1.165, 1.54) is 0 Å². The highest BCUT2D eigenvalue weighted by molar-refractivity contribution is 5.93. The average molecular weight is 252 g/mol. The van der Waals surface area contributed by atoms with Crippen molar-refractivity contribution in [2.45, 2.75) is 45.8 Å². The normalized spacial score (nSPS) is 24.2. The van der Waals surface area contributed by atoms with Crippen LogP contribution < -0.4 is 5.32 Å². The van der Waals surface area contributed by atoms with Gasteiger partial charge in [0.05, 0.1) is 12.2 Å². The Labute approximate surface area is 110 Å². The average Bonchev–Trinajstić information content (AvgIpc) is 2.27. The van der Waals surface area contributed by atoms with Crippen molar-refractivity contribution < 1.29 is 9.53 Å². The molecule has 0 radical (unpaired) electrons. The molecule has 0 aromatic rings. The summed E-state index contributed by atoms with van der Waals surface area (Å²) in [6.45, 7) is 9.71. The van der Waals surface area contributed by atoms with Crippen molar-refractivity contribution in [3.63, 3.8) is 0 Å². The van der Waals surface area contributed by atoms with Crippen LogP contribution in [0.1, 0.15) is 33.6 Å². The Morgan fingerprint density at radius 2 is 2.00 bits per heavy atom. The number of morpholine rings is 1. The summed E-state index contributed by atoms with van der Waals surface area (Å²) in [5, 5.41) is 2.78. The van der Waals surface area contributed by atoms with Gasteiger partial charge in [0.25, 0.3) is 5.91 Å². The topological polar surface area (TPSA) is 41.6 Å². The minimum absolute atomic E-state index is 0.175. The van der Waals surface area contributed by atoms with Gasteiger partial charge >= 0.3 is 0 Å². The number of rotatable bonds is 5. The smallest absolute Gasteiger partial charge is 0.295 e. The van der Waals surface area contributed by atoms with E-state index in [2.05, 4.69) is 35.9 Å². The van der Waals surface area contributed by atoms with Gasteiger partial charge in [0, 0.05) is 19.6 Å². The Morgan fingerprint density at radius 3 is 2.61 bits per heavy atom. The maximum absolute atomic E-state index is 11.1. The molecule has 1 amide bonds. The van der Waals surface area contributed by atoms with Gasteiger partial charge in [-0.1, -0.05) is 5.92 Å². The Bertz CT molecular complexity index is 309. The molecule has 0 spiro atoms. The molecule has 0 bridgehead atoms. The van der Waals surface area contributed by atoms with E-state index in [9.17, 15) is 4.79 Å². The second kappa shape index (κ2) is 8.12. The van der Waals surface area contributed by atoms with Gasteiger partial charge < -0.3 is 10.1 Å². The summed E-state index contributed by atoms with van der Waals surface area (Å²) in [5.41, 5.74) is 0. The van der Waals surface area contributed by atoms with E-state index in [1.54, 1.807) is 6.92 Å². The van der Waals surface area contributed by atoms with Crippen LogP contribution >= 0.6 is 0 Å². The van der Waals surface area contributed by atoms with Crippen molar-refractivity contribution in [3.8, 4) is 11.8 Å². The second-order valence-electron chi connectivity index (χ2n) is 4.85. The summed E-state index contributed by atoms with van der Waals surface area (Å²) in [6, 6.07) is 0. The Balaban J connectivity index is 2.06. The molecule has 1 N–H and O–H groups in total. The van der Waals surface area contributed by atoms with Crippen molar-refractivity contribution in [2.24, 2.45) is 0 Å². The first kappa shape index (κ1) is 15.0. The van der Waals surface area contributed by atoms with Gasteiger partial charge in [-0.15, -0.1) is 0 Å². The lowest BCUT2D eigenvalue weighted by molar-refractivity contribution is -0.115. The van der Waals surface area contributed by atoms with Crippen LogP contribution in [-0.4, -0.2) is 49.2 Å². The Kier molecular flexibility index (Phi) is 6.77. The summed E-state index contributed by atoms with van der Waals surface area (Å²) in [4.78, 5) is 13.5. The summed E-state index contributed by atoms with van der Waals surface area (Å²) in [6.07, 6.45) is 2.75. The molecule has 0 aromatic carbocycles. The number of carbonyl (C=O) groups excluding carboxylic acids is 1. The van der Waals surface area contributed by atoms with Gasteiger partial charge in [0.1, 0.15) is 0 Å². The third-order valence-corrected chi connectivity index (χ3v) is 2.92. The van der Waals surface area contributed by atoms with Crippen molar-refractivity contribution in [2.75, 3.05) is 26.2 Å². The largest absolute Gasteiger partial charge is 0.373 e. The maximum atomic E-state index is 11.1. The lowest BCUT2D eigenvalue weighted by Crippen LogP contribution is -2.45. The van der Waals surface area contributed by atoms with Gasteiger partial charge in [0.15, 0.2) is 0 Å². The van der Waals surface area contributed by atoms with Gasteiger partial charge in [0.2, 0.25) is 0 Å². The van der Waals surface area contributed by atoms with Crippen LogP contribution in [0.2, 0.25) is 0 Å². The molecular formula is C14H24N2O2. The lowest BCUT2D eigenvalue weighted by atomic mass is 10.2. The third kappa shape index (κ3) is 6.04. The summed E-state index contributed by atoms with van der Waals surface area (Å²) < 4.78 is 5.69. The van der Waals surface area contributed by atoms with Crippen LogP contribution in [0.5, 0.6) is 0 Å². The van der Waals surface area contributed by atoms with Crippen LogP contribution in [-0.2, 0) is 9.53 Å². The molecule has 18 heavy (non-hydrogen) atoms. The molecular weight excluding hydrogens is 228 g/mol. The van der Waals surface area contributed by atoms with E-state index in [1.807, 2.05) is 0 Å². The molecule has 2 unspecified atom stereocenters. The van der Waals surface area contributed by atoms with E-state index in [0.717, 1.165) is 32.5 Å². The molecule has 1 saturated heterocycles. The quantitative estimate of drug-likeness (QED) is 0.586. The van der Waals surface area contributed by atoms with Gasteiger partial charge in [-0.3, -0.25) is 9.69 Å². The van der Waals surface area contributed by atoms with Gasteiger partial charge in [-0.2, -0.15) is 0 Å². The molecule has 1 heterocycles. The second-order valence-corrected chi connectivity index (χ2v) is 4.85. The van der Waals surface area contributed by atoms with Crippen molar-refractivity contribution in [3.05, 3.63) is 0 Å². The number of nitrogens with one attached hydrogen (secondary N) is 1. The highest BCUT2D eigenvalue weighted by Gasteiger charge is 2.21. The fourth-order valence-corrected chi connectivity index (χ4v) is 2.29. The van der Waals surface area contributed by atoms with Gasteiger partial charge in [-0.05, 0) is 46.1 Å². The highest BCUT2D eigenvalue weighted by Crippen LogP contribution is 2.10. The Morgan fingerprint density at radius 1 is 1.33 bits per heavy atom. The van der Waals surface area contributed by atoms with Crippen LogP contribution in [0.3, 0.4) is 0 Å². The first-order valence-electron chi connectivity index (χ1n) is 6.70. The minimum Gasteiger partial charge on any atom is -0.373 e. The number of unbranched alkanes of at least 4 members (excludes halogenated alkanes) is 1. The molecule has 0 aromatic heterocycles. The fraction of sp³-hybridized carbons (Fsp3) is 0.786. The SMILES string of the molecule is CC#CC(=O)NCCCCN1CC(C)OC(C)C1. The molecule has 1 rings (SSSR count). The van der Waals surface area contributed by atoms with Crippen molar-refractivity contribution >= 4 is 5.91 Å². The van der Waals surface area contributed by atoms with E-state index in [-0.39, 0.29) is 5.91 Å². The predicted octanol–water partition coefficient (Wildman–Crippen LogP) is 1.02. The molecule has 1 fully saturated rings. The van der Waals surface area contributed by atoms with Crippen LogP contribution in [0.4, 0.5) is 0 Å². The minimum atomic E-state index is -0.175. The molecule has 2 atom stereocenters. The maximum Gasteiger partial charge on any atom is 0.295 e. The standard InChI is InChI=1S/C14H24N2O2/c1-4-7-14(17)15-8-5-6-9-16-10-12(2)18-13(3)11-16/h12-13H,5-6,8-11H2,1-3H3,(H,15,17). The summed E-state index contributed by atoms with van der Waals surface area (Å²) >= 11 is 0. The number of carbonyl (C=O) groups is 1. The molecule has 4 heteroatoms. The molecule has 1 aliphatic rings.